The van der Waals surface area contributed by atoms with Gasteiger partial charge in [-0.3, -0.25) is 4.79 Å². The van der Waals surface area contributed by atoms with Crippen LogP contribution in [0.25, 0.3) is 16.9 Å². The number of pyridine rings is 1. The van der Waals surface area contributed by atoms with Crippen LogP contribution in [-0.2, 0) is 11.2 Å². The smallest absolute Gasteiger partial charge is 0.224 e. The zero-order valence-corrected chi connectivity index (χ0v) is 18.3. The molecule has 5 nitrogen and oxygen atoms in total. The maximum absolute atomic E-state index is 12.4. The Morgan fingerprint density at radius 2 is 1.81 bits per heavy atom. The maximum atomic E-state index is 12.4. The van der Waals surface area contributed by atoms with E-state index in [1.165, 1.54) is 5.56 Å². The normalized spacial score (nSPS) is 10.9. The van der Waals surface area contributed by atoms with Crippen LogP contribution < -0.4 is 10.1 Å². The van der Waals surface area contributed by atoms with Crippen LogP contribution >= 0.6 is 11.6 Å². The van der Waals surface area contributed by atoms with Crippen LogP contribution in [0.1, 0.15) is 24.1 Å². The molecule has 2 aromatic heterocycles. The highest BCUT2D eigenvalue weighted by atomic mass is 35.5. The Balaban J connectivity index is 1.42. The summed E-state index contributed by atoms with van der Waals surface area (Å²) in [5.74, 6) is 0.813. The van der Waals surface area contributed by atoms with Crippen LogP contribution in [0.15, 0.2) is 66.9 Å². The van der Waals surface area contributed by atoms with E-state index < -0.39 is 0 Å². The first kappa shape index (κ1) is 20.9. The average molecular weight is 434 g/mol. The van der Waals surface area contributed by atoms with Crippen LogP contribution in [0.2, 0.25) is 5.02 Å². The molecule has 0 aliphatic rings. The fourth-order valence-corrected chi connectivity index (χ4v) is 3.71. The van der Waals surface area contributed by atoms with E-state index in [1.807, 2.05) is 78.2 Å². The van der Waals surface area contributed by atoms with Gasteiger partial charge in [0.15, 0.2) is 0 Å². The molecule has 0 aliphatic heterocycles. The quantitative estimate of drug-likeness (QED) is 0.392. The molecule has 0 fully saturated rings. The highest BCUT2D eigenvalue weighted by Crippen LogP contribution is 2.26. The fourth-order valence-electron chi connectivity index (χ4n) is 3.59. The van der Waals surface area contributed by atoms with E-state index in [0.717, 1.165) is 51.9 Å². The Bertz CT molecular complexity index is 1200. The number of halogens is 1. The molecular formula is C25H24ClN3O2. The molecule has 1 amide bonds. The van der Waals surface area contributed by atoms with Gasteiger partial charge in [-0.05, 0) is 73.9 Å². The zero-order valence-electron chi connectivity index (χ0n) is 17.6. The number of methoxy groups -OCH3 is 1. The topological polar surface area (TPSA) is 55.6 Å². The summed E-state index contributed by atoms with van der Waals surface area (Å²) in [5.41, 5.74) is 5.72. The molecule has 0 atom stereocenters. The molecule has 31 heavy (non-hydrogen) atoms. The van der Waals surface area contributed by atoms with Crippen molar-refractivity contribution in [2.75, 3.05) is 12.4 Å². The van der Waals surface area contributed by atoms with Crippen LogP contribution in [0, 0.1) is 6.92 Å². The molecule has 0 saturated heterocycles. The Morgan fingerprint density at radius 1 is 1.06 bits per heavy atom. The van der Waals surface area contributed by atoms with Crippen molar-refractivity contribution in [1.29, 1.82) is 0 Å². The average Bonchev–Trinajstić information content (AvgIpc) is 3.11. The van der Waals surface area contributed by atoms with Gasteiger partial charge in [0.2, 0.25) is 5.91 Å². The minimum absolute atomic E-state index is 0.00135. The summed E-state index contributed by atoms with van der Waals surface area (Å²) in [6.45, 7) is 2.03. The molecule has 0 saturated carbocycles. The van der Waals surface area contributed by atoms with Crippen molar-refractivity contribution in [3.8, 4) is 17.0 Å². The Labute approximate surface area is 186 Å². The number of imidazole rings is 1. The molecule has 0 aliphatic carbocycles. The number of nitrogens with zero attached hydrogens (tertiary/aromatic N) is 2. The number of amides is 1. The number of aromatic nitrogens is 2. The van der Waals surface area contributed by atoms with Crippen molar-refractivity contribution in [2.45, 2.75) is 26.2 Å². The zero-order chi connectivity index (χ0) is 21.8. The Hall–Kier alpha value is -3.31. The van der Waals surface area contributed by atoms with Gasteiger partial charge in [0.05, 0.1) is 18.5 Å². The van der Waals surface area contributed by atoms with Gasteiger partial charge < -0.3 is 14.5 Å². The molecule has 4 aromatic rings. The number of hydrogen-bond acceptors (Lipinski definition) is 3. The SMILES string of the molecule is COc1ccc(-c2nc3ccc(NC(=O)CCCc4ccc(Cl)cc4)cn3c2C)cc1. The van der Waals surface area contributed by atoms with Crippen molar-refractivity contribution >= 4 is 28.8 Å². The van der Waals surface area contributed by atoms with Gasteiger partial charge in [0, 0.05) is 28.9 Å². The van der Waals surface area contributed by atoms with Crippen LogP contribution in [0.3, 0.4) is 0 Å². The second kappa shape index (κ2) is 9.23. The number of anilines is 1. The monoisotopic (exact) mass is 433 g/mol. The van der Waals surface area contributed by atoms with Gasteiger partial charge in [-0.15, -0.1) is 0 Å². The lowest BCUT2D eigenvalue weighted by Crippen LogP contribution is -2.12. The van der Waals surface area contributed by atoms with E-state index in [1.54, 1.807) is 7.11 Å². The molecular weight excluding hydrogens is 410 g/mol. The lowest BCUT2D eigenvalue weighted by Gasteiger charge is -2.07. The number of carbonyl (C=O) groups is 1. The highest BCUT2D eigenvalue weighted by Gasteiger charge is 2.12. The van der Waals surface area contributed by atoms with Crippen LogP contribution in [-0.4, -0.2) is 22.4 Å². The predicted octanol–water partition coefficient (Wildman–Crippen LogP) is 5.93. The summed E-state index contributed by atoms with van der Waals surface area (Å²) >= 11 is 5.91. The predicted molar refractivity (Wildman–Crippen MR) is 125 cm³/mol. The molecule has 6 heteroatoms. The number of carbonyl (C=O) groups excluding carboxylic acids is 1. The molecule has 158 valence electrons. The van der Waals surface area contributed by atoms with Gasteiger partial charge in [0.1, 0.15) is 11.4 Å². The fraction of sp³-hybridized carbons (Fsp3) is 0.200. The van der Waals surface area contributed by atoms with Crippen molar-refractivity contribution in [3.05, 3.63) is 83.1 Å². The summed E-state index contributed by atoms with van der Waals surface area (Å²) in [5, 5.41) is 3.72. The number of ether oxygens (including phenoxy) is 1. The summed E-state index contributed by atoms with van der Waals surface area (Å²) in [6.07, 6.45) is 4.00. The molecule has 0 unspecified atom stereocenters. The first-order valence-corrected chi connectivity index (χ1v) is 10.6. The summed E-state index contributed by atoms with van der Waals surface area (Å²) in [6, 6.07) is 19.4. The van der Waals surface area contributed by atoms with Crippen molar-refractivity contribution < 1.29 is 9.53 Å². The van der Waals surface area contributed by atoms with Gasteiger partial charge in [-0.1, -0.05) is 23.7 Å². The molecule has 1 N–H and O–H groups in total. The number of hydrogen-bond donors (Lipinski definition) is 1. The Kier molecular flexibility index (Phi) is 6.23. The summed E-state index contributed by atoms with van der Waals surface area (Å²) < 4.78 is 7.24. The van der Waals surface area contributed by atoms with E-state index in [2.05, 4.69) is 5.32 Å². The van der Waals surface area contributed by atoms with E-state index in [0.29, 0.717) is 6.42 Å². The van der Waals surface area contributed by atoms with Crippen LogP contribution in [0.4, 0.5) is 5.69 Å². The molecule has 0 radical (unpaired) electrons. The molecule has 0 spiro atoms. The minimum atomic E-state index is 0.00135. The van der Waals surface area contributed by atoms with Gasteiger partial charge >= 0.3 is 0 Å². The first-order chi connectivity index (χ1) is 15.0. The van der Waals surface area contributed by atoms with Crippen molar-refractivity contribution in [1.82, 2.24) is 9.38 Å². The standard InChI is InChI=1S/C25H24ClN3O2/c1-17-25(19-8-13-22(31-2)14-9-19)28-23-15-12-21(16-29(17)23)27-24(30)5-3-4-18-6-10-20(26)11-7-18/h6-16H,3-5H2,1-2H3,(H,27,30). The molecule has 0 bridgehead atoms. The van der Waals surface area contributed by atoms with Crippen LogP contribution in [0.5, 0.6) is 5.75 Å². The Morgan fingerprint density at radius 3 is 2.52 bits per heavy atom. The second-order valence-electron chi connectivity index (χ2n) is 7.45. The van der Waals surface area contributed by atoms with E-state index in [-0.39, 0.29) is 5.91 Å². The van der Waals surface area contributed by atoms with E-state index in [9.17, 15) is 4.79 Å². The lowest BCUT2D eigenvalue weighted by atomic mass is 10.1. The molecule has 2 aromatic carbocycles. The third-order valence-electron chi connectivity index (χ3n) is 5.29. The maximum Gasteiger partial charge on any atom is 0.224 e. The molecule has 4 rings (SSSR count). The second-order valence-corrected chi connectivity index (χ2v) is 7.88. The number of benzene rings is 2. The van der Waals surface area contributed by atoms with Gasteiger partial charge in [-0.2, -0.15) is 0 Å². The largest absolute Gasteiger partial charge is 0.497 e. The number of aryl methyl sites for hydroxylation is 2. The van der Waals surface area contributed by atoms with E-state index in [4.69, 9.17) is 21.3 Å². The third-order valence-corrected chi connectivity index (χ3v) is 5.54. The lowest BCUT2D eigenvalue weighted by molar-refractivity contribution is -0.116. The summed E-state index contributed by atoms with van der Waals surface area (Å²) in [4.78, 5) is 17.1. The highest BCUT2D eigenvalue weighted by molar-refractivity contribution is 6.30. The number of nitrogens with one attached hydrogen (secondary N) is 1. The molecule has 2 heterocycles. The minimum Gasteiger partial charge on any atom is -0.497 e. The van der Waals surface area contributed by atoms with Gasteiger partial charge in [-0.25, -0.2) is 4.98 Å². The van der Waals surface area contributed by atoms with E-state index >= 15 is 0 Å². The van der Waals surface area contributed by atoms with Crippen molar-refractivity contribution in [3.63, 3.8) is 0 Å². The number of rotatable bonds is 7. The first-order valence-electron chi connectivity index (χ1n) is 10.2. The summed E-state index contributed by atoms with van der Waals surface area (Å²) in [7, 11) is 1.65. The van der Waals surface area contributed by atoms with Crippen molar-refractivity contribution in [2.24, 2.45) is 0 Å². The van der Waals surface area contributed by atoms with Gasteiger partial charge in [0.25, 0.3) is 0 Å². The number of fused-ring (bicyclic) bond motifs is 1. The third kappa shape index (κ3) is 4.89.